The second-order valence-electron chi connectivity index (χ2n) is 13.0. The molecule has 0 radical (unpaired) electrons. The van der Waals surface area contributed by atoms with E-state index in [0.717, 1.165) is 5.57 Å². The first-order chi connectivity index (χ1) is 21.8. The van der Waals surface area contributed by atoms with Gasteiger partial charge in [0.25, 0.3) is 5.88 Å². The number of aliphatic hydroxyl groups is 1. The smallest absolute Gasteiger partial charge is 0.445 e. The molecule has 0 aromatic carbocycles. The van der Waals surface area contributed by atoms with E-state index in [4.69, 9.17) is 23.1 Å². The van der Waals surface area contributed by atoms with Crippen molar-refractivity contribution >= 4 is 18.4 Å². The average molecular weight is 712 g/mol. The molecule has 1 N–H and O–H groups in total. The molecule has 1 fully saturated rings. The summed E-state index contributed by atoms with van der Waals surface area (Å²) in [5.41, 5.74) is -3.98. The third-order valence-electron chi connectivity index (χ3n) is 8.71. The Bertz CT molecular complexity index is 1290. The second-order valence-corrected chi connectivity index (χ2v) is 19.9. The third-order valence-corrected chi connectivity index (χ3v) is 15.8. The Morgan fingerprint density at radius 3 is 2.30 bits per heavy atom. The summed E-state index contributed by atoms with van der Waals surface area (Å²) in [6.45, 7) is 18.6. The number of ether oxygens (including phenoxy) is 3. The molecule has 0 aliphatic carbocycles. The number of aliphatic hydroxyl groups excluding tert-OH is 1. The number of methoxy groups -OCH3 is 2. The highest BCUT2D eigenvalue weighted by Gasteiger charge is 2.51. The fraction of sp³-hybridized carbons (Fsp3) is 0.719. The number of hydrogen-bond donors (Lipinski definition) is 1. The SMILES string of the molecule is C=CC[C@H](/C=C/C(C)=C/[C@@H](O[Si](C(C)C)(C(C)C)C(C)C)[C@H]1C[C@@H](CO)C[C@](Cc2nc(OS(=O)(=O)C(F)(F)F)co2)(OC)O1)OC. The number of rotatable bonds is 18. The number of oxazole rings is 1. The summed E-state index contributed by atoms with van der Waals surface area (Å²) in [6.07, 6.45) is 8.08. The van der Waals surface area contributed by atoms with Gasteiger partial charge in [-0.15, -0.1) is 6.58 Å². The molecule has 1 saturated heterocycles. The van der Waals surface area contributed by atoms with E-state index in [0.29, 0.717) is 19.1 Å². The zero-order valence-electron chi connectivity index (χ0n) is 28.9. The van der Waals surface area contributed by atoms with Crippen LogP contribution in [-0.4, -0.2) is 77.3 Å². The molecule has 5 atom stereocenters. The van der Waals surface area contributed by atoms with Gasteiger partial charge in [0.05, 0.1) is 24.7 Å². The number of halogens is 3. The van der Waals surface area contributed by atoms with Gasteiger partial charge in [-0.25, -0.2) is 0 Å². The summed E-state index contributed by atoms with van der Waals surface area (Å²) in [5, 5.41) is 10.4. The van der Waals surface area contributed by atoms with Gasteiger partial charge in [-0.2, -0.15) is 26.6 Å². The lowest BCUT2D eigenvalue weighted by Crippen LogP contribution is -2.56. The van der Waals surface area contributed by atoms with Crippen molar-refractivity contribution in [3.63, 3.8) is 0 Å². The topological polar surface area (TPSA) is 127 Å². The van der Waals surface area contributed by atoms with E-state index < -0.39 is 47.8 Å². The Balaban J connectivity index is 2.57. The molecule has 10 nitrogen and oxygen atoms in total. The van der Waals surface area contributed by atoms with Gasteiger partial charge in [-0.1, -0.05) is 71.4 Å². The Kier molecular flexibility index (Phi) is 15.0. The molecule has 47 heavy (non-hydrogen) atoms. The van der Waals surface area contributed by atoms with Gasteiger partial charge in [-0.05, 0) is 42.3 Å². The molecule has 1 aromatic rings. The van der Waals surface area contributed by atoms with Crippen molar-refractivity contribution in [3.8, 4) is 5.88 Å². The molecule has 270 valence electrons. The van der Waals surface area contributed by atoms with Crippen LogP contribution in [0.1, 0.15) is 73.6 Å². The molecular formula is C32H52F3NO9SSi. The van der Waals surface area contributed by atoms with Crippen LogP contribution < -0.4 is 4.18 Å². The highest BCUT2D eigenvalue weighted by molar-refractivity contribution is 7.87. The molecule has 15 heteroatoms. The molecule has 0 bridgehead atoms. The zero-order chi connectivity index (χ0) is 35.8. The molecular weight excluding hydrogens is 659 g/mol. The maximum Gasteiger partial charge on any atom is 0.534 e. The first kappa shape index (κ1) is 41.2. The first-order valence-corrected chi connectivity index (χ1v) is 19.3. The minimum atomic E-state index is -5.95. The van der Waals surface area contributed by atoms with E-state index >= 15 is 0 Å². The standard InChI is InChI=1S/C32H52F3NO9SSi/c1-11-12-26(40-9)14-13-24(8)15-28(45-47(21(2)3,22(4)5)23(6)7)27-16-25(19-37)17-31(41-10,43-27)18-29-36-30(20-42-29)44-46(38,39)32(33,34)35/h11,13-15,20-23,25-28,37H,1,12,16-19H2,2-10H3/b14-13+,24-15+/t25-,26-,27-,28-,31+/m1/s1. The van der Waals surface area contributed by atoms with Gasteiger partial charge >= 0.3 is 15.6 Å². The van der Waals surface area contributed by atoms with Gasteiger partial charge < -0.3 is 32.3 Å². The molecule has 1 aromatic heterocycles. The average Bonchev–Trinajstić information content (AvgIpc) is 3.41. The Morgan fingerprint density at radius 1 is 1.19 bits per heavy atom. The van der Waals surface area contributed by atoms with Crippen LogP contribution in [0.15, 0.2) is 47.1 Å². The minimum absolute atomic E-state index is 0.155. The third kappa shape index (κ3) is 10.5. The molecule has 1 aliphatic heterocycles. The van der Waals surface area contributed by atoms with Gasteiger partial charge in [0, 0.05) is 27.2 Å². The van der Waals surface area contributed by atoms with Crippen LogP contribution >= 0.6 is 0 Å². The van der Waals surface area contributed by atoms with Crippen LogP contribution in [0.25, 0.3) is 0 Å². The Hall–Kier alpha value is -2.01. The number of hydrogen-bond acceptors (Lipinski definition) is 10. The summed E-state index contributed by atoms with van der Waals surface area (Å²) >= 11 is 0. The molecule has 0 spiro atoms. The molecule has 0 saturated carbocycles. The Labute approximate surface area is 278 Å². The quantitative estimate of drug-likeness (QED) is 0.0548. The monoisotopic (exact) mass is 711 g/mol. The van der Waals surface area contributed by atoms with Gasteiger partial charge in [0.1, 0.15) is 0 Å². The molecule has 2 heterocycles. The lowest BCUT2D eigenvalue weighted by molar-refractivity contribution is -0.291. The fourth-order valence-corrected chi connectivity index (χ4v) is 12.4. The molecule has 2 rings (SSSR count). The van der Waals surface area contributed by atoms with Crippen molar-refractivity contribution in [1.29, 1.82) is 0 Å². The van der Waals surface area contributed by atoms with Crippen LogP contribution in [0.2, 0.25) is 16.6 Å². The molecule has 0 unspecified atom stereocenters. The predicted molar refractivity (Wildman–Crippen MR) is 175 cm³/mol. The van der Waals surface area contributed by atoms with Crippen molar-refractivity contribution in [1.82, 2.24) is 4.98 Å². The highest BCUT2D eigenvalue weighted by atomic mass is 32.2. The summed E-state index contributed by atoms with van der Waals surface area (Å²) in [6, 6.07) is 0. The van der Waals surface area contributed by atoms with E-state index in [1.807, 2.05) is 25.2 Å². The number of nitrogens with zero attached hydrogens (tertiary/aromatic N) is 1. The van der Waals surface area contributed by atoms with E-state index in [1.54, 1.807) is 13.2 Å². The van der Waals surface area contributed by atoms with Crippen LogP contribution in [0.4, 0.5) is 13.2 Å². The predicted octanol–water partition coefficient (Wildman–Crippen LogP) is 7.23. The Morgan fingerprint density at radius 2 is 1.81 bits per heavy atom. The summed E-state index contributed by atoms with van der Waals surface area (Å²) in [4.78, 5) is 3.80. The van der Waals surface area contributed by atoms with Crippen molar-refractivity contribution in [2.24, 2.45) is 5.92 Å². The van der Waals surface area contributed by atoms with Crippen molar-refractivity contribution < 1.29 is 53.9 Å². The number of alkyl halides is 3. The maximum absolute atomic E-state index is 12.8. The first-order valence-electron chi connectivity index (χ1n) is 15.8. The van der Waals surface area contributed by atoms with Crippen molar-refractivity contribution in [3.05, 3.63) is 48.6 Å². The van der Waals surface area contributed by atoms with Crippen LogP contribution in [0.5, 0.6) is 5.88 Å². The van der Waals surface area contributed by atoms with Crippen molar-refractivity contribution in [2.75, 3.05) is 20.8 Å². The van der Waals surface area contributed by atoms with Crippen molar-refractivity contribution in [2.45, 2.75) is 120 Å². The van der Waals surface area contributed by atoms with Gasteiger partial charge in [0.2, 0.25) is 14.2 Å². The van der Waals surface area contributed by atoms with Gasteiger partial charge in [0.15, 0.2) is 12.1 Å². The van der Waals surface area contributed by atoms with Crippen LogP contribution in [-0.2, 0) is 35.2 Å². The molecule has 0 amide bonds. The second kappa shape index (κ2) is 17.1. The van der Waals surface area contributed by atoms with Crippen LogP contribution in [0.3, 0.4) is 0 Å². The van der Waals surface area contributed by atoms with E-state index in [1.165, 1.54) is 7.11 Å². The number of aromatic nitrogens is 1. The summed E-state index contributed by atoms with van der Waals surface area (Å²) < 4.78 is 96.3. The van der Waals surface area contributed by atoms with E-state index in [-0.39, 0.29) is 54.0 Å². The minimum Gasteiger partial charge on any atom is -0.445 e. The van der Waals surface area contributed by atoms with Crippen LogP contribution in [0, 0.1) is 5.92 Å². The fourth-order valence-electron chi connectivity index (χ4n) is 6.54. The van der Waals surface area contributed by atoms with Gasteiger partial charge in [-0.3, -0.25) is 0 Å². The lowest BCUT2D eigenvalue weighted by Gasteiger charge is -2.49. The lowest BCUT2D eigenvalue weighted by atomic mass is 9.86. The number of allylic oxidation sites excluding steroid dienone is 2. The van der Waals surface area contributed by atoms with E-state index in [9.17, 15) is 26.7 Å². The largest absolute Gasteiger partial charge is 0.534 e. The van der Waals surface area contributed by atoms with E-state index in [2.05, 4.69) is 57.3 Å². The summed E-state index contributed by atoms with van der Waals surface area (Å²) in [5.74, 6) is -2.80. The summed E-state index contributed by atoms with van der Waals surface area (Å²) in [7, 11) is -5.40. The molecule has 1 aliphatic rings. The highest BCUT2D eigenvalue weighted by Crippen LogP contribution is 2.46. The zero-order valence-corrected chi connectivity index (χ0v) is 30.7. The normalized spacial score (nSPS) is 23.2. The maximum atomic E-state index is 12.8.